The van der Waals surface area contributed by atoms with Crippen LogP contribution in [0, 0.1) is 0 Å². The van der Waals surface area contributed by atoms with Gasteiger partial charge in [-0.2, -0.15) is 0 Å². The van der Waals surface area contributed by atoms with Gasteiger partial charge in [-0.15, -0.1) is 0 Å². The Balaban J connectivity index is 1.85. The van der Waals surface area contributed by atoms with Crippen LogP contribution in [0.1, 0.15) is 24.5 Å². The van der Waals surface area contributed by atoms with Crippen LogP contribution in [-0.4, -0.2) is 29.6 Å². The van der Waals surface area contributed by atoms with Gasteiger partial charge in [0.05, 0.1) is 6.61 Å². The third-order valence-electron chi connectivity index (χ3n) is 3.79. The summed E-state index contributed by atoms with van der Waals surface area (Å²) in [5, 5.41) is 11.9. The smallest absolute Gasteiger partial charge is 0.326 e. The van der Waals surface area contributed by atoms with Crippen molar-refractivity contribution in [1.82, 2.24) is 5.32 Å². The van der Waals surface area contributed by atoms with Crippen LogP contribution in [0.4, 0.5) is 0 Å². The van der Waals surface area contributed by atoms with Crippen LogP contribution >= 0.6 is 0 Å². The molecule has 0 saturated heterocycles. The molecular formula is C20H23NO4. The summed E-state index contributed by atoms with van der Waals surface area (Å²) >= 11 is 0. The predicted molar refractivity (Wildman–Crippen MR) is 95.6 cm³/mol. The maximum absolute atomic E-state index is 12.1. The molecule has 2 aromatic carbocycles. The zero-order valence-electron chi connectivity index (χ0n) is 14.3. The van der Waals surface area contributed by atoms with E-state index >= 15 is 0 Å². The van der Waals surface area contributed by atoms with E-state index in [1.165, 1.54) is 0 Å². The first-order chi connectivity index (χ1) is 12.1. The highest BCUT2D eigenvalue weighted by Crippen LogP contribution is 2.13. The highest BCUT2D eigenvalue weighted by Gasteiger charge is 2.20. The SMILES string of the molecule is CCOc1ccc(CCC(=O)N[C@@H](Cc2ccccc2)C(=O)O)cc1. The molecule has 2 aromatic rings. The summed E-state index contributed by atoms with van der Waals surface area (Å²) in [7, 11) is 0. The van der Waals surface area contributed by atoms with Crippen LogP contribution < -0.4 is 10.1 Å². The second-order valence-corrected chi connectivity index (χ2v) is 5.73. The Bertz CT molecular complexity index is 683. The molecule has 25 heavy (non-hydrogen) atoms. The van der Waals surface area contributed by atoms with Crippen molar-refractivity contribution in [2.45, 2.75) is 32.2 Å². The number of carbonyl (C=O) groups excluding carboxylic acids is 1. The minimum atomic E-state index is -1.03. The number of ether oxygens (including phenoxy) is 1. The van der Waals surface area contributed by atoms with E-state index in [2.05, 4.69) is 5.32 Å². The summed E-state index contributed by atoms with van der Waals surface area (Å²) in [6, 6.07) is 15.9. The lowest BCUT2D eigenvalue weighted by Crippen LogP contribution is -2.42. The second kappa shape index (κ2) is 9.47. The normalized spacial score (nSPS) is 11.6. The zero-order valence-corrected chi connectivity index (χ0v) is 14.3. The summed E-state index contributed by atoms with van der Waals surface area (Å²) in [5.41, 5.74) is 1.88. The minimum Gasteiger partial charge on any atom is -0.494 e. The molecule has 1 amide bonds. The number of rotatable bonds is 9. The van der Waals surface area contributed by atoms with Crippen molar-refractivity contribution >= 4 is 11.9 Å². The Morgan fingerprint density at radius 3 is 2.32 bits per heavy atom. The number of carbonyl (C=O) groups is 2. The van der Waals surface area contributed by atoms with E-state index < -0.39 is 12.0 Å². The number of benzene rings is 2. The van der Waals surface area contributed by atoms with Gasteiger partial charge in [-0.25, -0.2) is 4.79 Å². The van der Waals surface area contributed by atoms with Gasteiger partial charge in [-0.3, -0.25) is 4.79 Å². The van der Waals surface area contributed by atoms with E-state index in [-0.39, 0.29) is 18.7 Å². The van der Waals surface area contributed by atoms with Crippen LogP contribution in [0.3, 0.4) is 0 Å². The fourth-order valence-corrected chi connectivity index (χ4v) is 2.49. The average Bonchev–Trinajstić information content (AvgIpc) is 2.61. The first-order valence-electron chi connectivity index (χ1n) is 8.36. The maximum Gasteiger partial charge on any atom is 0.326 e. The van der Waals surface area contributed by atoms with Gasteiger partial charge in [0.15, 0.2) is 0 Å². The fraction of sp³-hybridized carbons (Fsp3) is 0.300. The Morgan fingerprint density at radius 1 is 1.04 bits per heavy atom. The molecule has 5 nitrogen and oxygen atoms in total. The highest BCUT2D eigenvalue weighted by atomic mass is 16.5. The lowest BCUT2D eigenvalue weighted by molar-refractivity contribution is -0.141. The van der Waals surface area contributed by atoms with Gasteiger partial charge < -0.3 is 15.2 Å². The zero-order chi connectivity index (χ0) is 18.1. The molecule has 5 heteroatoms. The molecule has 2 N–H and O–H groups in total. The molecule has 0 aliphatic heterocycles. The van der Waals surface area contributed by atoms with Gasteiger partial charge in [-0.1, -0.05) is 42.5 Å². The number of nitrogens with one attached hydrogen (secondary N) is 1. The standard InChI is InChI=1S/C20H23NO4/c1-2-25-17-11-8-15(9-12-17)10-13-19(22)21-18(20(23)24)14-16-6-4-3-5-7-16/h3-9,11-12,18H,2,10,13-14H2,1H3,(H,21,22)(H,23,24)/t18-/m0/s1. The fourth-order valence-electron chi connectivity index (χ4n) is 2.49. The molecule has 0 aromatic heterocycles. The van der Waals surface area contributed by atoms with Crippen molar-refractivity contribution in [3.63, 3.8) is 0 Å². The number of hydrogen-bond donors (Lipinski definition) is 2. The predicted octanol–water partition coefficient (Wildman–Crippen LogP) is 2.83. The van der Waals surface area contributed by atoms with Crippen molar-refractivity contribution in [3.8, 4) is 5.75 Å². The van der Waals surface area contributed by atoms with E-state index in [4.69, 9.17) is 4.74 Å². The van der Waals surface area contributed by atoms with E-state index in [1.807, 2.05) is 61.5 Å². The number of aliphatic carboxylic acids is 1. The first-order valence-corrected chi connectivity index (χ1v) is 8.36. The molecule has 1 atom stereocenters. The molecule has 132 valence electrons. The van der Waals surface area contributed by atoms with Crippen LogP contribution in [0.25, 0.3) is 0 Å². The summed E-state index contributed by atoms with van der Waals surface area (Å²) in [5.74, 6) is -0.500. The monoisotopic (exact) mass is 341 g/mol. The van der Waals surface area contributed by atoms with Crippen LogP contribution in [0.15, 0.2) is 54.6 Å². The summed E-state index contributed by atoms with van der Waals surface area (Å²) < 4.78 is 5.38. The molecular weight excluding hydrogens is 318 g/mol. The van der Waals surface area contributed by atoms with E-state index in [9.17, 15) is 14.7 Å². The number of hydrogen-bond acceptors (Lipinski definition) is 3. The molecule has 0 bridgehead atoms. The van der Waals surface area contributed by atoms with E-state index in [1.54, 1.807) is 0 Å². The number of carboxylic acid groups (broad SMARTS) is 1. The Morgan fingerprint density at radius 2 is 1.72 bits per heavy atom. The van der Waals surface area contributed by atoms with Crippen molar-refractivity contribution in [1.29, 1.82) is 0 Å². The van der Waals surface area contributed by atoms with Gasteiger partial charge in [0.1, 0.15) is 11.8 Å². The lowest BCUT2D eigenvalue weighted by atomic mass is 10.1. The van der Waals surface area contributed by atoms with Gasteiger partial charge in [0.25, 0.3) is 0 Å². The maximum atomic E-state index is 12.1. The molecule has 0 unspecified atom stereocenters. The van der Waals surface area contributed by atoms with Crippen LogP contribution in [0.5, 0.6) is 5.75 Å². The van der Waals surface area contributed by atoms with Gasteiger partial charge in [0, 0.05) is 12.8 Å². The highest BCUT2D eigenvalue weighted by molar-refractivity contribution is 5.83. The third kappa shape index (κ3) is 6.30. The Hall–Kier alpha value is -2.82. The quantitative estimate of drug-likeness (QED) is 0.735. The second-order valence-electron chi connectivity index (χ2n) is 5.73. The summed E-state index contributed by atoms with van der Waals surface area (Å²) in [6.45, 7) is 2.53. The van der Waals surface area contributed by atoms with Crippen molar-refractivity contribution < 1.29 is 19.4 Å². The molecule has 2 rings (SSSR count). The molecule has 0 aliphatic rings. The molecule has 0 heterocycles. The molecule has 0 aliphatic carbocycles. The Kier molecular flexibility index (Phi) is 7.01. The van der Waals surface area contributed by atoms with Gasteiger partial charge >= 0.3 is 5.97 Å². The minimum absolute atomic E-state index is 0.243. The van der Waals surface area contributed by atoms with E-state index in [0.29, 0.717) is 13.0 Å². The topological polar surface area (TPSA) is 75.6 Å². The van der Waals surface area contributed by atoms with Crippen molar-refractivity contribution in [2.75, 3.05) is 6.61 Å². The summed E-state index contributed by atoms with van der Waals surface area (Å²) in [6.07, 6.45) is 1.06. The average molecular weight is 341 g/mol. The van der Waals surface area contributed by atoms with Gasteiger partial charge in [-0.05, 0) is 36.6 Å². The summed E-state index contributed by atoms with van der Waals surface area (Å²) in [4.78, 5) is 23.5. The largest absolute Gasteiger partial charge is 0.494 e. The Labute approximate surface area is 147 Å². The van der Waals surface area contributed by atoms with Crippen molar-refractivity contribution in [3.05, 3.63) is 65.7 Å². The van der Waals surface area contributed by atoms with Crippen molar-refractivity contribution in [2.24, 2.45) is 0 Å². The van der Waals surface area contributed by atoms with Gasteiger partial charge in [0.2, 0.25) is 5.91 Å². The number of aryl methyl sites for hydroxylation is 1. The van der Waals surface area contributed by atoms with Crippen LogP contribution in [0.2, 0.25) is 0 Å². The number of carboxylic acids is 1. The van der Waals surface area contributed by atoms with Crippen LogP contribution in [-0.2, 0) is 22.4 Å². The molecule has 0 saturated carbocycles. The third-order valence-corrected chi connectivity index (χ3v) is 3.79. The van der Waals surface area contributed by atoms with E-state index in [0.717, 1.165) is 16.9 Å². The first kappa shape index (κ1) is 18.5. The number of amides is 1. The lowest BCUT2D eigenvalue weighted by Gasteiger charge is -2.14. The molecule has 0 radical (unpaired) electrons. The molecule has 0 spiro atoms. The molecule has 0 fully saturated rings.